The number of carbonyl (C=O) groups excluding carboxylic acids is 1. The molecule has 2 aliphatic rings. The zero-order valence-corrected chi connectivity index (χ0v) is 16.6. The van der Waals surface area contributed by atoms with Crippen molar-refractivity contribution in [2.24, 2.45) is 0 Å². The molecule has 1 saturated heterocycles. The molecule has 1 fully saturated rings. The Labute approximate surface area is 164 Å². The molecule has 0 spiro atoms. The fraction of sp³-hybridized carbons (Fsp3) is 0.478. The van der Waals surface area contributed by atoms with Crippen LogP contribution in [0.1, 0.15) is 54.9 Å². The lowest BCUT2D eigenvalue weighted by Crippen LogP contribution is -2.47. The molecule has 148 valence electrons. The fourth-order valence-electron chi connectivity index (χ4n) is 5.01. The Morgan fingerprint density at radius 3 is 2.54 bits per heavy atom. The van der Waals surface area contributed by atoms with E-state index in [0.717, 1.165) is 48.2 Å². The second-order valence-electron chi connectivity index (χ2n) is 8.28. The Morgan fingerprint density at radius 1 is 1.14 bits per heavy atom. The van der Waals surface area contributed by atoms with Gasteiger partial charge in [0.1, 0.15) is 17.4 Å². The molecular weight excluding hydrogens is 355 g/mol. The second kappa shape index (κ2) is 7.19. The SMILES string of the molecule is CC(=O)C1(c2ccc(F)cc2C)CCN(c2cc3c(c(=O)[nH]2)CCCC3)CC1. The molecule has 1 N–H and O–H groups in total. The van der Waals surface area contributed by atoms with Crippen molar-refractivity contribution in [3.05, 3.63) is 62.7 Å². The van der Waals surface area contributed by atoms with Crippen molar-refractivity contribution >= 4 is 11.6 Å². The Hall–Kier alpha value is -2.43. The summed E-state index contributed by atoms with van der Waals surface area (Å²) in [7, 11) is 0. The van der Waals surface area contributed by atoms with Gasteiger partial charge in [-0.25, -0.2) is 4.39 Å². The van der Waals surface area contributed by atoms with Crippen LogP contribution in [0.4, 0.5) is 10.2 Å². The molecule has 1 aliphatic heterocycles. The molecule has 4 nitrogen and oxygen atoms in total. The number of aromatic nitrogens is 1. The highest BCUT2D eigenvalue weighted by atomic mass is 19.1. The molecule has 0 unspecified atom stereocenters. The molecule has 4 rings (SSSR count). The first kappa shape index (κ1) is 18.9. The number of Topliss-reactive ketones (excluding diaryl/α,β-unsaturated/α-hetero) is 1. The van der Waals surface area contributed by atoms with Gasteiger partial charge >= 0.3 is 0 Å². The highest BCUT2D eigenvalue weighted by Crippen LogP contribution is 2.39. The number of aryl methyl sites for hydroxylation is 2. The number of halogens is 1. The van der Waals surface area contributed by atoms with Gasteiger partial charge in [0.25, 0.3) is 5.56 Å². The van der Waals surface area contributed by atoms with Gasteiger partial charge in [0.05, 0.1) is 5.41 Å². The third-order valence-corrected chi connectivity index (χ3v) is 6.67. The largest absolute Gasteiger partial charge is 0.358 e. The number of carbonyl (C=O) groups is 1. The van der Waals surface area contributed by atoms with Gasteiger partial charge in [-0.1, -0.05) is 6.07 Å². The molecule has 0 atom stereocenters. The number of H-pyrrole nitrogens is 1. The first-order valence-electron chi connectivity index (χ1n) is 10.2. The van der Waals surface area contributed by atoms with Gasteiger partial charge in [-0.05, 0) is 87.3 Å². The predicted octanol–water partition coefficient (Wildman–Crippen LogP) is 3.83. The van der Waals surface area contributed by atoms with Crippen LogP contribution >= 0.6 is 0 Å². The van der Waals surface area contributed by atoms with Crippen LogP contribution in [0.3, 0.4) is 0 Å². The number of hydrogen-bond acceptors (Lipinski definition) is 3. The zero-order chi connectivity index (χ0) is 19.9. The normalized spacial score (nSPS) is 18.6. The molecule has 1 aromatic carbocycles. The van der Waals surface area contributed by atoms with Crippen LogP contribution in [0.5, 0.6) is 0 Å². The van der Waals surface area contributed by atoms with Crippen molar-refractivity contribution in [3.8, 4) is 0 Å². The summed E-state index contributed by atoms with van der Waals surface area (Å²) in [5.41, 5.74) is 3.31. The Kier molecular flexibility index (Phi) is 4.86. The number of benzene rings is 1. The van der Waals surface area contributed by atoms with Crippen LogP contribution in [0, 0.1) is 12.7 Å². The summed E-state index contributed by atoms with van der Waals surface area (Å²) in [6.45, 7) is 4.88. The van der Waals surface area contributed by atoms with E-state index in [2.05, 4.69) is 16.0 Å². The number of aromatic amines is 1. The molecule has 5 heteroatoms. The van der Waals surface area contributed by atoms with E-state index in [1.54, 1.807) is 13.0 Å². The summed E-state index contributed by atoms with van der Waals surface area (Å²) in [6.07, 6.45) is 5.36. The van der Waals surface area contributed by atoms with Crippen molar-refractivity contribution in [2.45, 2.75) is 57.8 Å². The van der Waals surface area contributed by atoms with E-state index in [-0.39, 0.29) is 17.2 Å². The standard InChI is InChI=1S/C23H27FN2O2/c1-15-13-18(24)7-8-20(15)23(16(2)27)9-11-26(12-10-23)21-14-17-5-3-4-6-19(17)22(28)25-21/h7-8,13-14H,3-6,9-12H2,1-2H3,(H,25,28). The molecule has 1 aromatic heterocycles. The van der Waals surface area contributed by atoms with Crippen LogP contribution in [-0.4, -0.2) is 23.9 Å². The first-order chi connectivity index (χ1) is 13.4. The minimum Gasteiger partial charge on any atom is -0.358 e. The molecule has 1 aliphatic carbocycles. The van der Waals surface area contributed by atoms with Crippen molar-refractivity contribution < 1.29 is 9.18 Å². The number of fused-ring (bicyclic) bond motifs is 1. The summed E-state index contributed by atoms with van der Waals surface area (Å²) in [4.78, 5) is 30.4. The van der Waals surface area contributed by atoms with Crippen LogP contribution < -0.4 is 10.5 Å². The molecule has 2 heterocycles. The third-order valence-electron chi connectivity index (χ3n) is 6.67. The number of nitrogens with one attached hydrogen (secondary N) is 1. The smallest absolute Gasteiger partial charge is 0.252 e. The Balaban J connectivity index is 1.62. The maximum Gasteiger partial charge on any atom is 0.252 e. The molecule has 28 heavy (non-hydrogen) atoms. The molecular formula is C23H27FN2O2. The lowest BCUT2D eigenvalue weighted by Gasteiger charge is -2.42. The zero-order valence-electron chi connectivity index (χ0n) is 16.6. The van der Waals surface area contributed by atoms with Gasteiger partial charge in [-0.2, -0.15) is 0 Å². The average molecular weight is 382 g/mol. The monoisotopic (exact) mass is 382 g/mol. The van der Waals surface area contributed by atoms with Gasteiger partial charge in [-0.15, -0.1) is 0 Å². The topological polar surface area (TPSA) is 53.2 Å². The lowest BCUT2D eigenvalue weighted by molar-refractivity contribution is -0.123. The Morgan fingerprint density at radius 2 is 1.86 bits per heavy atom. The summed E-state index contributed by atoms with van der Waals surface area (Å²) in [5.74, 6) is 0.712. The second-order valence-corrected chi connectivity index (χ2v) is 8.28. The van der Waals surface area contributed by atoms with E-state index >= 15 is 0 Å². The summed E-state index contributed by atoms with van der Waals surface area (Å²) >= 11 is 0. The number of rotatable bonds is 3. The van der Waals surface area contributed by atoms with Crippen LogP contribution in [0.25, 0.3) is 0 Å². The van der Waals surface area contributed by atoms with Gasteiger partial charge < -0.3 is 9.88 Å². The fourth-order valence-corrected chi connectivity index (χ4v) is 5.01. The number of nitrogens with zero attached hydrogens (tertiary/aromatic N) is 1. The molecule has 0 saturated carbocycles. The maximum atomic E-state index is 13.6. The predicted molar refractivity (Wildman–Crippen MR) is 109 cm³/mol. The molecule has 2 aromatic rings. The number of hydrogen-bond donors (Lipinski definition) is 1. The minimum absolute atomic E-state index is 0.0324. The minimum atomic E-state index is -0.581. The van der Waals surface area contributed by atoms with E-state index in [9.17, 15) is 14.0 Å². The summed E-state index contributed by atoms with van der Waals surface area (Å²) < 4.78 is 13.6. The number of pyridine rings is 1. The van der Waals surface area contributed by atoms with Gasteiger partial charge in [0.15, 0.2) is 0 Å². The highest BCUT2D eigenvalue weighted by molar-refractivity contribution is 5.89. The van der Waals surface area contributed by atoms with E-state index in [4.69, 9.17) is 0 Å². The quantitative estimate of drug-likeness (QED) is 0.878. The molecule has 0 radical (unpaired) electrons. The number of piperidine rings is 1. The molecule has 0 bridgehead atoms. The van der Waals surface area contributed by atoms with Crippen LogP contribution in [-0.2, 0) is 23.1 Å². The number of ketones is 1. The van der Waals surface area contributed by atoms with Gasteiger partial charge in [-0.3, -0.25) is 9.59 Å². The summed E-state index contributed by atoms with van der Waals surface area (Å²) in [5, 5.41) is 0. The van der Waals surface area contributed by atoms with Crippen molar-refractivity contribution in [1.82, 2.24) is 4.98 Å². The van der Waals surface area contributed by atoms with Crippen LogP contribution in [0.15, 0.2) is 29.1 Å². The lowest BCUT2D eigenvalue weighted by atomic mass is 9.69. The van der Waals surface area contributed by atoms with Crippen molar-refractivity contribution in [1.29, 1.82) is 0 Å². The first-order valence-corrected chi connectivity index (χ1v) is 10.2. The van der Waals surface area contributed by atoms with Crippen molar-refractivity contribution in [2.75, 3.05) is 18.0 Å². The van der Waals surface area contributed by atoms with E-state index < -0.39 is 5.41 Å². The van der Waals surface area contributed by atoms with E-state index in [1.165, 1.54) is 17.7 Å². The van der Waals surface area contributed by atoms with Gasteiger partial charge in [0.2, 0.25) is 0 Å². The Bertz CT molecular complexity index is 971. The average Bonchev–Trinajstić information content (AvgIpc) is 2.68. The maximum absolute atomic E-state index is 13.6. The third kappa shape index (κ3) is 3.17. The van der Waals surface area contributed by atoms with Gasteiger partial charge in [0, 0.05) is 18.7 Å². The number of anilines is 1. The van der Waals surface area contributed by atoms with E-state index in [0.29, 0.717) is 25.9 Å². The van der Waals surface area contributed by atoms with E-state index in [1.807, 2.05) is 6.92 Å². The summed E-state index contributed by atoms with van der Waals surface area (Å²) in [6, 6.07) is 6.84. The molecule has 0 amide bonds. The van der Waals surface area contributed by atoms with Crippen molar-refractivity contribution in [3.63, 3.8) is 0 Å². The van der Waals surface area contributed by atoms with Crippen LogP contribution in [0.2, 0.25) is 0 Å². The highest BCUT2D eigenvalue weighted by Gasteiger charge is 2.41.